The smallest absolute Gasteiger partial charge is 0.172 e. The van der Waals surface area contributed by atoms with Crippen molar-refractivity contribution in [2.45, 2.75) is 6.42 Å². The van der Waals surface area contributed by atoms with E-state index in [2.05, 4.69) is 37.4 Å². The van der Waals surface area contributed by atoms with Crippen molar-refractivity contribution in [2.75, 3.05) is 11.9 Å². The number of benzene rings is 1. The van der Waals surface area contributed by atoms with Crippen molar-refractivity contribution in [3.05, 3.63) is 58.3 Å². The Bertz CT molecular complexity index is 979. The van der Waals surface area contributed by atoms with Crippen LogP contribution in [-0.2, 0) is 0 Å². The average molecular weight is 417 g/mol. The molecule has 3 heterocycles. The lowest BCUT2D eigenvalue weighted by Gasteiger charge is -2.15. The van der Waals surface area contributed by atoms with E-state index in [0.717, 1.165) is 40.2 Å². The highest BCUT2D eigenvalue weighted by Gasteiger charge is 2.14. The maximum absolute atomic E-state index is 6.36. The van der Waals surface area contributed by atoms with E-state index < -0.39 is 0 Å². The number of rotatable bonds is 4. The number of anilines is 1. The van der Waals surface area contributed by atoms with E-state index in [9.17, 15) is 0 Å². The minimum Gasteiger partial charge on any atom is -0.369 e. The number of nitrogens with zero attached hydrogens (tertiary/aromatic N) is 4. The molecule has 0 bridgehead atoms. The van der Waals surface area contributed by atoms with Crippen molar-refractivity contribution < 1.29 is 0 Å². The molecule has 1 N–H and O–H groups in total. The Kier molecular flexibility index (Phi) is 4.55. The second kappa shape index (κ2) is 6.98. The molecule has 7 heteroatoms. The lowest BCUT2D eigenvalue weighted by atomic mass is 10.1. The zero-order valence-electron chi connectivity index (χ0n) is 13.2. The standard InChI is InChI=1S/C18H15BrClN5/c19-14-11-23-25-17(22-10-12-4-3-7-21-9-12)8-16(24-18(14)25)13-5-1-2-6-15(13)20/h1-3,5-9,11-12,22H,4,10H2. The molecule has 5 nitrogen and oxygen atoms in total. The molecular formula is C18H15BrClN5. The number of aromatic nitrogens is 3. The van der Waals surface area contributed by atoms with Crippen LogP contribution >= 0.6 is 27.5 Å². The van der Waals surface area contributed by atoms with Crippen LogP contribution in [0.3, 0.4) is 0 Å². The quantitative estimate of drug-likeness (QED) is 0.663. The molecule has 126 valence electrons. The summed E-state index contributed by atoms with van der Waals surface area (Å²) in [7, 11) is 0. The molecule has 1 atom stereocenters. The van der Waals surface area contributed by atoms with Crippen LogP contribution in [-0.4, -0.2) is 27.4 Å². The maximum atomic E-state index is 6.36. The summed E-state index contributed by atoms with van der Waals surface area (Å²) in [6.07, 6.45) is 8.61. The molecule has 3 aromatic rings. The van der Waals surface area contributed by atoms with Crippen molar-refractivity contribution in [3.63, 3.8) is 0 Å². The summed E-state index contributed by atoms with van der Waals surface area (Å²) in [5, 5.41) is 8.55. The number of nitrogens with one attached hydrogen (secondary N) is 1. The lowest BCUT2D eigenvalue weighted by Crippen LogP contribution is -2.18. The molecule has 1 unspecified atom stereocenters. The summed E-state index contributed by atoms with van der Waals surface area (Å²) < 4.78 is 2.63. The first-order chi connectivity index (χ1) is 12.2. The molecule has 1 aliphatic heterocycles. The van der Waals surface area contributed by atoms with Gasteiger partial charge in [-0.1, -0.05) is 35.9 Å². The first-order valence-electron chi connectivity index (χ1n) is 7.94. The maximum Gasteiger partial charge on any atom is 0.172 e. The largest absolute Gasteiger partial charge is 0.369 e. The van der Waals surface area contributed by atoms with Gasteiger partial charge in [0.2, 0.25) is 0 Å². The summed E-state index contributed by atoms with van der Waals surface area (Å²) in [5.41, 5.74) is 2.45. The Balaban J connectivity index is 1.73. The van der Waals surface area contributed by atoms with Crippen molar-refractivity contribution in [1.82, 2.24) is 14.6 Å². The van der Waals surface area contributed by atoms with E-state index in [1.54, 1.807) is 10.7 Å². The van der Waals surface area contributed by atoms with Gasteiger partial charge in [-0.2, -0.15) is 9.61 Å². The van der Waals surface area contributed by atoms with Crippen molar-refractivity contribution in [3.8, 4) is 11.3 Å². The molecule has 0 aliphatic carbocycles. The number of fused-ring (bicyclic) bond motifs is 1. The van der Waals surface area contributed by atoms with Crippen molar-refractivity contribution in [1.29, 1.82) is 0 Å². The Morgan fingerprint density at radius 3 is 3.00 bits per heavy atom. The van der Waals surface area contributed by atoms with Crippen molar-refractivity contribution in [2.24, 2.45) is 10.9 Å². The van der Waals surface area contributed by atoms with Crippen LogP contribution < -0.4 is 5.32 Å². The molecular weight excluding hydrogens is 402 g/mol. The fourth-order valence-corrected chi connectivity index (χ4v) is 3.35. The molecule has 0 spiro atoms. The summed E-state index contributed by atoms with van der Waals surface area (Å²) in [6.45, 7) is 0.770. The Morgan fingerprint density at radius 2 is 2.20 bits per heavy atom. The van der Waals surface area contributed by atoms with E-state index in [4.69, 9.17) is 16.6 Å². The Morgan fingerprint density at radius 1 is 1.32 bits per heavy atom. The molecule has 1 aromatic carbocycles. The first kappa shape index (κ1) is 16.3. The number of halogens is 2. The minimum atomic E-state index is 0.357. The molecule has 1 aliphatic rings. The molecule has 0 saturated carbocycles. The normalized spacial score (nSPS) is 16.5. The van der Waals surface area contributed by atoms with Gasteiger partial charge in [0.1, 0.15) is 5.82 Å². The summed E-state index contributed by atoms with van der Waals surface area (Å²) in [6, 6.07) is 9.67. The van der Waals surface area contributed by atoms with Gasteiger partial charge in [0, 0.05) is 41.5 Å². The number of hydrogen-bond acceptors (Lipinski definition) is 4. The zero-order chi connectivity index (χ0) is 17.2. The highest BCUT2D eigenvalue weighted by atomic mass is 79.9. The third kappa shape index (κ3) is 3.32. The second-order valence-corrected chi connectivity index (χ2v) is 7.06. The van der Waals surface area contributed by atoms with E-state index in [1.165, 1.54) is 0 Å². The van der Waals surface area contributed by atoms with E-state index >= 15 is 0 Å². The summed E-state index contributed by atoms with van der Waals surface area (Å²) in [5.74, 6) is 1.23. The van der Waals surface area contributed by atoms with Crippen LogP contribution in [0, 0.1) is 5.92 Å². The van der Waals surface area contributed by atoms with E-state index in [1.807, 2.05) is 42.7 Å². The van der Waals surface area contributed by atoms with Crippen LogP contribution in [0.2, 0.25) is 5.02 Å². The molecule has 0 fully saturated rings. The van der Waals surface area contributed by atoms with Gasteiger partial charge in [-0.05, 0) is 28.4 Å². The van der Waals surface area contributed by atoms with Crippen LogP contribution in [0.4, 0.5) is 5.82 Å². The van der Waals surface area contributed by atoms with Gasteiger partial charge in [0.05, 0.1) is 16.4 Å². The molecule has 0 radical (unpaired) electrons. The summed E-state index contributed by atoms with van der Waals surface area (Å²) in [4.78, 5) is 8.92. The van der Waals surface area contributed by atoms with Gasteiger partial charge >= 0.3 is 0 Å². The van der Waals surface area contributed by atoms with Gasteiger partial charge in [0.25, 0.3) is 0 Å². The monoisotopic (exact) mass is 415 g/mol. The first-order valence-corrected chi connectivity index (χ1v) is 9.11. The van der Waals surface area contributed by atoms with Gasteiger partial charge in [0.15, 0.2) is 5.65 Å². The third-order valence-electron chi connectivity index (χ3n) is 4.05. The van der Waals surface area contributed by atoms with Crippen molar-refractivity contribution >= 4 is 45.2 Å². The SMILES string of the molecule is Clc1ccccc1-c1cc(NCC2C=NC=CC2)n2ncc(Br)c2n1. The van der Waals surface area contributed by atoms with Gasteiger partial charge in [-0.3, -0.25) is 4.99 Å². The Hall–Kier alpha value is -2.18. The number of aliphatic imine (C=N–C) groups is 1. The number of hydrogen-bond donors (Lipinski definition) is 1. The minimum absolute atomic E-state index is 0.357. The molecule has 0 amide bonds. The average Bonchev–Trinajstić information content (AvgIpc) is 3.02. The van der Waals surface area contributed by atoms with Gasteiger partial charge in [-0.15, -0.1) is 0 Å². The highest BCUT2D eigenvalue weighted by molar-refractivity contribution is 9.10. The van der Waals surface area contributed by atoms with Crippen LogP contribution in [0.5, 0.6) is 0 Å². The van der Waals surface area contributed by atoms with Gasteiger partial charge < -0.3 is 5.32 Å². The fourth-order valence-electron chi connectivity index (χ4n) is 2.77. The zero-order valence-corrected chi connectivity index (χ0v) is 15.6. The van der Waals surface area contributed by atoms with Crippen LogP contribution in [0.1, 0.15) is 6.42 Å². The molecule has 0 saturated heterocycles. The molecule has 2 aromatic heterocycles. The summed E-state index contributed by atoms with van der Waals surface area (Å²) >= 11 is 9.87. The van der Waals surface area contributed by atoms with E-state index in [-0.39, 0.29) is 0 Å². The third-order valence-corrected chi connectivity index (χ3v) is 4.94. The fraction of sp³-hybridized carbons (Fsp3) is 0.167. The predicted octanol–water partition coefficient (Wildman–Crippen LogP) is 4.83. The predicted molar refractivity (Wildman–Crippen MR) is 105 cm³/mol. The highest BCUT2D eigenvalue weighted by Crippen LogP contribution is 2.30. The van der Waals surface area contributed by atoms with Gasteiger partial charge in [-0.25, -0.2) is 4.98 Å². The molecule has 25 heavy (non-hydrogen) atoms. The second-order valence-electron chi connectivity index (χ2n) is 5.79. The lowest BCUT2D eigenvalue weighted by molar-refractivity contribution is 0.739. The van der Waals surface area contributed by atoms with E-state index in [0.29, 0.717) is 10.9 Å². The number of allylic oxidation sites excluding steroid dienone is 1. The molecule has 4 rings (SSSR count). The van der Waals surface area contributed by atoms with Crippen LogP contribution in [0.15, 0.2) is 58.3 Å². The van der Waals surface area contributed by atoms with Crippen LogP contribution in [0.25, 0.3) is 16.9 Å². The Labute approximate surface area is 158 Å². The topological polar surface area (TPSA) is 54.6 Å².